The largest absolute Gasteiger partial charge is 0.381 e. The molecule has 0 aromatic carbocycles. The molecule has 104 valence electrons. The first kappa shape index (κ1) is 14.0. The Bertz CT molecular complexity index is 319. The van der Waals surface area contributed by atoms with Crippen molar-refractivity contribution in [3.05, 3.63) is 0 Å². The molecule has 0 spiro atoms. The van der Waals surface area contributed by atoms with Crippen LogP contribution in [-0.2, 0) is 20.3 Å². The SMILES string of the molecule is NCC1(C(=O)NC2CCS(=O)CC2)CCOCC1. The van der Waals surface area contributed by atoms with Crippen molar-refractivity contribution in [1.29, 1.82) is 0 Å². The minimum absolute atomic E-state index is 0.0611. The van der Waals surface area contributed by atoms with Gasteiger partial charge < -0.3 is 15.8 Å². The molecule has 2 rings (SSSR count). The van der Waals surface area contributed by atoms with Gasteiger partial charge in [-0.25, -0.2) is 0 Å². The summed E-state index contributed by atoms with van der Waals surface area (Å²) in [6.07, 6.45) is 3.03. The lowest BCUT2D eigenvalue weighted by Crippen LogP contribution is -2.52. The second-order valence-corrected chi connectivity index (χ2v) is 6.89. The van der Waals surface area contributed by atoms with Crippen molar-refractivity contribution < 1.29 is 13.7 Å². The molecule has 1 amide bonds. The van der Waals surface area contributed by atoms with Crippen molar-refractivity contribution in [1.82, 2.24) is 5.32 Å². The maximum absolute atomic E-state index is 12.4. The summed E-state index contributed by atoms with van der Waals surface area (Å²) in [7, 11) is -0.689. The second-order valence-electron chi connectivity index (χ2n) is 5.19. The van der Waals surface area contributed by atoms with Gasteiger partial charge in [-0.1, -0.05) is 0 Å². The van der Waals surface area contributed by atoms with Crippen LogP contribution in [0.4, 0.5) is 0 Å². The van der Waals surface area contributed by atoms with E-state index in [0.717, 1.165) is 12.8 Å². The maximum Gasteiger partial charge on any atom is 0.227 e. The first-order valence-corrected chi connectivity index (χ1v) is 8.09. The Morgan fingerprint density at radius 1 is 1.33 bits per heavy atom. The Morgan fingerprint density at radius 3 is 2.50 bits per heavy atom. The number of amides is 1. The van der Waals surface area contributed by atoms with Gasteiger partial charge in [0, 0.05) is 48.1 Å². The third kappa shape index (κ3) is 3.10. The van der Waals surface area contributed by atoms with Crippen LogP contribution in [0.3, 0.4) is 0 Å². The highest BCUT2D eigenvalue weighted by Crippen LogP contribution is 2.30. The molecule has 2 saturated heterocycles. The topological polar surface area (TPSA) is 81.4 Å². The van der Waals surface area contributed by atoms with E-state index in [2.05, 4.69) is 5.32 Å². The standard InChI is InChI=1S/C12H22N2O3S/c13-9-12(3-5-17-6-4-12)11(15)14-10-1-7-18(16)8-2-10/h10H,1-9,13H2,(H,14,15). The van der Waals surface area contributed by atoms with Crippen LogP contribution in [0, 0.1) is 5.41 Å². The van der Waals surface area contributed by atoms with E-state index >= 15 is 0 Å². The monoisotopic (exact) mass is 274 g/mol. The molecular weight excluding hydrogens is 252 g/mol. The Morgan fingerprint density at radius 2 is 1.94 bits per heavy atom. The zero-order valence-electron chi connectivity index (χ0n) is 10.7. The summed E-state index contributed by atoms with van der Waals surface area (Å²) in [6.45, 7) is 1.60. The first-order chi connectivity index (χ1) is 8.66. The lowest BCUT2D eigenvalue weighted by atomic mass is 9.79. The molecule has 0 radical (unpaired) electrons. The minimum atomic E-state index is -0.689. The molecule has 2 aliphatic rings. The van der Waals surface area contributed by atoms with Gasteiger partial charge >= 0.3 is 0 Å². The van der Waals surface area contributed by atoms with Crippen LogP contribution < -0.4 is 11.1 Å². The molecule has 18 heavy (non-hydrogen) atoms. The van der Waals surface area contributed by atoms with Gasteiger partial charge in [-0.2, -0.15) is 0 Å². The predicted octanol–water partition coefficient (Wildman–Crippen LogP) is -0.231. The van der Waals surface area contributed by atoms with E-state index in [9.17, 15) is 9.00 Å². The Kier molecular flexibility index (Phi) is 4.75. The number of carbonyl (C=O) groups is 1. The van der Waals surface area contributed by atoms with Crippen LogP contribution in [0.2, 0.25) is 0 Å². The van der Waals surface area contributed by atoms with Gasteiger partial charge in [0.05, 0.1) is 5.41 Å². The number of nitrogens with one attached hydrogen (secondary N) is 1. The van der Waals surface area contributed by atoms with Gasteiger partial charge in [0.25, 0.3) is 0 Å². The molecule has 0 aromatic rings. The first-order valence-electron chi connectivity index (χ1n) is 6.60. The fourth-order valence-corrected chi connectivity index (χ4v) is 3.86. The van der Waals surface area contributed by atoms with Gasteiger partial charge in [-0.05, 0) is 25.7 Å². The van der Waals surface area contributed by atoms with Crippen LogP contribution in [0.1, 0.15) is 25.7 Å². The third-order valence-electron chi connectivity index (χ3n) is 4.05. The van der Waals surface area contributed by atoms with Gasteiger partial charge in [0.2, 0.25) is 5.91 Å². The molecule has 2 aliphatic heterocycles. The zero-order valence-corrected chi connectivity index (χ0v) is 11.5. The van der Waals surface area contributed by atoms with E-state index in [1.54, 1.807) is 0 Å². The van der Waals surface area contributed by atoms with Gasteiger partial charge in [0.15, 0.2) is 0 Å². The van der Waals surface area contributed by atoms with Crippen molar-refractivity contribution in [2.24, 2.45) is 11.1 Å². The summed E-state index contributed by atoms with van der Waals surface area (Å²) < 4.78 is 16.6. The normalized spacial score (nSPS) is 31.8. The third-order valence-corrected chi connectivity index (χ3v) is 5.43. The van der Waals surface area contributed by atoms with E-state index in [1.165, 1.54) is 0 Å². The molecule has 0 unspecified atom stereocenters. The fraction of sp³-hybridized carbons (Fsp3) is 0.917. The summed E-state index contributed by atoms with van der Waals surface area (Å²) >= 11 is 0. The molecule has 0 aromatic heterocycles. The summed E-state index contributed by atoms with van der Waals surface area (Å²) in [5.41, 5.74) is 5.35. The molecular formula is C12H22N2O3S. The highest BCUT2D eigenvalue weighted by molar-refractivity contribution is 7.85. The number of hydrogen-bond donors (Lipinski definition) is 2. The number of carbonyl (C=O) groups excluding carboxylic acids is 1. The average molecular weight is 274 g/mol. The molecule has 0 aliphatic carbocycles. The molecule has 0 atom stereocenters. The lowest BCUT2D eigenvalue weighted by Gasteiger charge is -2.36. The quantitative estimate of drug-likeness (QED) is 0.745. The highest BCUT2D eigenvalue weighted by atomic mass is 32.2. The van der Waals surface area contributed by atoms with Gasteiger partial charge in [-0.15, -0.1) is 0 Å². The summed E-state index contributed by atoms with van der Waals surface area (Å²) in [4.78, 5) is 12.4. The van der Waals surface area contributed by atoms with Crippen LogP contribution in [-0.4, -0.2) is 47.4 Å². The molecule has 0 bridgehead atoms. The molecule has 2 heterocycles. The van der Waals surface area contributed by atoms with E-state index in [4.69, 9.17) is 10.5 Å². The van der Waals surface area contributed by atoms with Gasteiger partial charge in [-0.3, -0.25) is 9.00 Å². The minimum Gasteiger partial charge on any atom is -0.381 e. The molecule has 5 nitrogen and oxygen atoms in total. The Balaban J connectivity index is 1.91. The number of nitrogens with two attached hydrogens (primary N) is 1. The average Bonchev–Trinajstić information content (AvgIpc) is 2.42. The molecule has 2 fully saturated rings. The van der Waals surface area contributed by atoms with E-state index in [0.29, 0.717) is 44.1 Å². The number of rotatable bonds is 3. The summed E-state index contributed by atoms with van der Waals surface area (Å²) in [5.74, 6) is 1.46. The van der Waals surface area contributed by atoms with E-state index in [1.807, 2.05) is 0 Å². The van der Waals surface area contributed by atoms with Crippen molar-refractivity contribution >= 4 is 16.7 Å². The maximum atomic E-state index is 12.4. The number of hydrogen-bond acceptors (Lipinski definition) is 4. The van der Waals surface area contributed by atoms with Crippen molar-refractivity contribution in [3.63, 3.8) is 0 Å². The number of ether oxygens (including phenoxy) is 1. The van der Waals surface area contributed by atoms with E-state index < -0.39 is 16.2 Å². The zero-order chi connectivity index (χ0) is 13.0. The summed E-state index contributed by atoms with van der Waals surface area (Å²) in [5, 5.41) is 3.09. The van der Waals surface area contributed by atoms with Crippen molar-refractivity contribution in [2.75, 3.05) is 31.3 Å². The van der Waals surface area contributed by atoms with E-state index in [-0.39, 0.29) is 11.9 Å². The summed E-state index contributed by atoms with van der Waals surface area (Å²) in [6, 6.07) is 0.168. The molecule has 0 saturated carbocycles. The van der Waals surface area contributed by atoms with Crippen LogP contribution >= 0.6 is 0 Å². The Labute approximate surface area is 110 Å². The second kappa shape index (κ2) is 6.12. The predicted molar refractivity (Wildman–Crippen MR) is 70.6 cm³/mol. The van der Waals surface area contributed by atoms with Crippen LogP contribution in [0.15, 0.2) is 0 Å². The van der Waals surface area contributed by atoms with Crippen LogP contribution in [0.25, 0.3) is 0 Å². The van der Waals surface area contributed by atoms with Gasteiger partial charge in [0.1, 0.15) is 0 Å². The fourth-order valence-electron chi connectivity index (χ4n) is 2.56. The molecule has 6 heteroatoms. The van der Waals surface area contributed by atoms with Crippen LogP contribution in [0.5, 0.6) is 0 Å². The smallest absolute Gasteiger partial charge is 0.227 e. The lowest BCUT2D eigenvalue weighted by molar-refractivity contribution is -0.136. The van der Waals surface area contributed by atoms with Crippen molar-refractivity contribution in [2.45, 2.75) is 31.7 Å². The highest BCUT2D eigenvalue weighted by Gasteiger charge is 2.39. The van der Waals surface area contributed by atoms with Crippen molar-refractivity contribution in [3.8, 4) is 0 Å². The Hall–Kier alpha value is -0.460. The molecule has 3 N–H and O–H groups in total.